The fourth-order valence-electron chi connectivity index (χ4n) is 2.32. The molecule has 0 atom stereocenters. The summed E-state index contributed by atoms with van der Waals surface area (Å²) in [7, 11) is 0. The van der Waals surface area contributed by atoms with E-state index in [4.69, 9.17) is 0 Å². The molecule has 0 bridgehead atoms. The highest BCUT2D eigenvalue weighted by atomic mass is 16.3. The van der Waals surface area contributed by atoms with Crippen LogP contribution in [-0.2, 0) is 13.2 Å². The third-order valence-electron chi connectivity index (χ3n) is 3.51. The number of aliphatic hydroxyl groups excluding tert-OH is 1. The Labute approximate surface area is 124 Å². The Morgan fingerprint density at radius 3 is 2.57 bits per heavy atom. The van der Waals surface area contributed by atoms with Crippen molar-refractivity contribution < 1.29 is 9.90 Å². The van der Waals surface area contributed by atoms with Crippen molar-refractivity contribution in [1.29, 1.82) is 0 Å². The molecule has 5 heteroatoms. The predicted molar refractivity (Wildman–Crippen MR) is 80.9 cm³/mol. The van der Waals surface area contributed by atoms with Crippen molar-refractivity contribution in [3.63, 3.8) is 0 Å². The van der Waals surface area contributed by atoms with Crippen molar-refractivity contribution in [2.24, 2.45) is 0 Å². The van der Waals surface area contributed by atoms with Gasteiger partial charge in [-0.05, 0) is 31.9 Å². The number of aromatic nitrogens is 2. The van der Waals surface area contributed by atoms with Crippen molar-refractivity contribution in [1.82, 2.24) is 15.1 Å². The SMILES string of the molecule is Cc1c(C(=O)NCc2ccccc2CO)cnn1C(C)C. The second kappa shape index (κ2) is 6.54. The van der Waals surface area contributed by atoms with Crippen LogP contribution >= 0.6 is 0 Å². The fourth-order valence-corrected chi connectivity index (χ4v) is 2.32. The van der Waals surface area contributed by atoms with Gasteiger partial charge in [-0.3, -0.25) is 9.48 Å². The van der Waals surface area contributed by atoms with E-state index in [2.05, 4.69) is 10.4 Å². The molecule has 2 N–H and O–H groups in total. The van der Waals surface area contributed by atoms with Gasteiger partial charge in [0.15, 0.2) is 0 Å². The number of nitrogens with one attached hydrogen (secondary N) is 1. The van der Waals surface area contributed by atoms with E-state index in [-0.39, 0.29) is 18.6 Å². The second-order valence-electron chi connectivity index (χ2n) is 5.29. The van der Waals surface area contributed by atoms with Crippen LogP contribution in [0.2, 0.25) is 0 Å². The average Bonchev–Trinajstić information content (AvgIpc) is 2.87. The molecule has 0 spiro atoms. The molecule has 1 aromatic carbocycles. The number of amides is 1. The normalized spacial score (nSPS) is 10.9. The molecule has 5 nitrogen and oxygen atoms in total. The summed E-state index contributed by atoms with van der Waals surface area (Å²) < 4.78 is 1.83. The smallest absolute Gasteiger partial charge is 0.255 e. The number of benzene rings is 1. The molecule has 0 aliphatic rings. The number of hydrogen-bond donors (Lipinski definition) is 2. The maximum atomic E-state index is 12.2. The number of rotatable bonds is 5. The molecular formula is C16H21N3O2. The van der Waals surface area contributed by atoms with E-state index in [0.717, 1.165) is 16.8 Å². The van der Waals surface area contributed by atoms with E-state index in [1.54, 1.807) is 6.20 Å². The minimum Gasteiger partial charge on any atom is -0.392 e. The average molecular weight is 287 g/mol. The zero-order chi connectivity index (χ0) is 15.4. The highest BCUT2D eigenvalue weighted by Crippen LogP contribution is 2.13. The molecule has 0 radical (unpaired) electrons. The molecule has 2 aromatic rings. The standard InChI is InChI=1S/C16H21N3O2/c1-11(2)19-12(3)15(9-18-19)16(21)17-8-13-6-4-5-7-14(13)10-20/h4-7,9,11,20H,8,10H2,1-3H3,(H,17,21). The first-order valence-corrected chi connectivity index (χ1v) is 7.04. The van der Waals surface area contributed by atoms with Crippen molar-refractivity contribution in [3.8, 4) is 0 Å². The quantitative estimate of drug-likeness (QED) is 0.886. The summed E-state index contributed by atoms with van der Waals surface area (Å²) in [5.41, 5.74) is 3.19. The lowest BCUT2D eigenvalue weighted by Gasteiger charge is -2.10. The number of carbonyl (C=O) groups excluding carboxylic acids is 1. The second-order valence-corrected chi connectivity index (χ2v) is 5.29. The summed E-state index contributed by atoms with van der Waals surface area (Å²) in [6.45, 7) is 6.31. The topological polar surface area (TPSA) is 67.2 Å². The highest BCUT2D eigenvalue weighted by molar-refractivity contribution is 5.95. The van der Waals surface area contributed by atoms with E-state index in [0.29, 0.717) is 12.1 Å². The Bertz CT molecular complexity index is 632. The Hall–Kier alpha value is -2.14. The molecule has 1 aromatic heterocycles. The minimum atomic E-state index is -0.146. The van der Waals surface area contributed by atoms with Gasteiger partial charge in [0, 0.05) is 18.3 Å². The molecular weight excluding hydrogens is 266 g/mol. The van der Waals surface area contributed by atoms with Gasteiger partial charge in [0.25, 0.3) is 5.91 Å². The first-order chi connectivity index (χ1) is 10.0. The van der Waals surface area contributed by atoms with E-state index in [1.807, 2.05) is 49.7 Å². The lowest BCUT2D eigenvalue weighted by Crippen LogP contribution is -2.24. The summed E-state index contributed by atoms with van der Waals surface area (Å²) in [6.07, 6.45) is 1.60. The van der Waals surface area contributed by atoms with Gasteiger partial charge in [0.05, 0.1) is 18.4 Å². The van der Waals surface area contributed by atoms with Crippen LogP contribution < -0.4 is 5.32 Å². The maximum absolute atomic E-state index is 12.2. The molecule has 0 unspecified atom stereocenters. The molecule has 0 aliphatic heterocycles. The van der Waals surface area contributed by atoms with Crippen LogP contribution in [0.3, 0.4) is 0 Å². The molecule has 112 valence electrons. The monoisotopic (exact) mass is 287 g/mol. The van der Waals surface area contributed by atoms with Gasteiger partial charge in [0.1, 0.15) is 0 Å². The number of aliphatic hydroxyl groups is 1. The molecule has 0 saturated heterocycles. The largest absolute Gasteiger partial charge is 0.392 e. The summed E-state index contributed by atoms with van der Waals surface area (Å²) in [6, 6.07) is 7.73. The van der Waals surface area contributed by atoms with Gasteiger partial charge in [-0.25, -0.2) is 0 Å². The van der Waals surface area contributed by atoms with Crippen LogP contribution in [0.1, 0.15) is 47.1 Å². The third-order valence-corrected chi connectivity index (χ3v) is 3.51. The van der Waals surface area contributed by atoms with Crippen molar-refractivity contribution >= 4 is 5.91 Å². The lowest BCUT2D eigenvalue weighted by molar-refractivity contribution is 0.0950. The zero-order valence-corrected chi connectivity index (χ0v) is 12.6. The Morgan fingerprint density at radius 2 is 2.00 bits per heavy atom. The summed E-state index contributed by atoms with van der Waals surface area (Å²) >= 11 is 0. The van der Waals surface area contributed by atoms with Crippen LogP contribution in [0.5, 0.6) is 0 Å². The molecule has 2 rings (SSSR count). The van der Waals surface area contributed by atoms with E-state index in [1.165, 1.54) is 0 Å². The van der Waals surface area contributed by atoms with Crippen LogP contribution in [-0.4, -0.2) is 20.8 Å². The van der Waals surface area contributed by atoms with Gasteiger partial charge < -0.3 is 10.4 Å². The van der Waals surface area contributed by atoms with Crippen LogP contribution in [0, 0.1) is 6.92 Å². The zero-order valence-electron chi connectivity index (χ0n) is 12.6. The van der Waals surface area contributed by atoms with Gasteiger partial charge in [0.2, 0.25) is 0 Å². The molecule has 21 heavy (non-hydrogen) atoms. The van der Waals surface area contributed by atoms with E-state index in [9.17, 15) is 9.90 Å². The highest BCUT2D eigenvalue weighted by Gasteiger charge is 2.15. The van der Waals surface area contributed by atoms with Gasteiger partial charge in [-0.2, -0.15) is 5.10 Å². The first-order valence-electron chi connectivity index (χ1n) is 7.04. The van der Waals surface area contributed by atoms with E-state index < -0.39 is 0 Å². The number of nitrogens with zero attached hydrogens (tertiary/aromatic N) is 2. The van der Waals surface area contributed by atoms with Crippen LogP contribution in [0.25, 0.3) is 0 Å². The first kappa shape index (κ1) is 15.3. The van der Waals surface area contributed by atoms with E-state index >= 15 is 0 Å². The fraction of sp³-hybridized carbons (Fsp3) is 0.375. The van der Waals surface area contributed by atoms with Crippen molar-refractivity contribution in [3.05, 3.63) is 52.8 Å². The maximum Gasteiger partial charge on any atom is 0.255 e. The number of carbonyl (C=O) groups is 1. The number of hydrogen-bond acceptors (Lipinski definition) is 3. The van der Waals surface area contributed by atoms with Gasteiger partial charge >= 0.3 is 0 Å². The van der Waals surface area contributed by atoms with Gasteiger partial charge in [-0.1, -0.05) is 24.3 Å². The Kier molecular flexibility index (Phi) is 4.75. The van der Waals surface area contributed by atoms with Crippen LogP contribution in [0.4, 0.5) is 0 Å². The van der Waals surface area contributed by atoms with Crippen molar-refractivity contribution in [2.75, 3.05) is 0 Å². The van der Waals surface area contributed by atoms with Crippen LogP contribution in [0.15, 0.2) is 30.5 Å². The van der Waals surface area contributed by atoms with Gasteiger partial charge in [-0.15, -0.1) is 0 Å². The summed E-state index contributed by atoms with van der Waals surface area (Å²) in [5, 5.41) is 16.4. The Morgan fingerprint density at radius 1 is 1.33 bits per heavy atom. The molecule has 0 aliphatic carbocycles. The molecule has 0 saturated carbocycles. The summed E-state index contributed by atoms with van der Waals surface area (Å²) in [4.78, 5) is 12.2. The third kappa shape index (κ3) is 3.31. The summed E-state index contributed by atoms with van der Waals surface area (Å²) in [5.74, 6) is -0.146. The minimum absolute atomic E-state index is 0.0314. The molecule has 1 heterocycles. The molecule has 0 fully saturated rings. The Balaban J connectivity index is 2.09. The lowest BCUT2D eigenvalue weighted by atomic mass is 10.1. The van der Waals surface area contributed by atoms with Crippen molar-refractivity contribution in [2.45, 2.75) is 40.0 Å². The molecule has 1 amide bonds. The predicted octanol–water partition coefficient (Wildman–Crippen LogP) is 2.19.